The monoisotopic (exact) mass is 245 g/mol. The van der Waals surface area contributed by atoms with Crippen LogP contribution in [0.3, 0.4) is 0 Å². The molecule has 1 atom stereocenters. The van der Waals surface area contributed by atoms with Crippen molar-refractivity contribution in [1.82, 2.24) is 5.32 Å². The van der Waals surface area contributed by atoms with Gasteiger partial charge >= 0.3 is 0 Å². The number of aliphatic hydroxyl groups excluding tert-OH is 1. The summed E-state index contributed by atoms with van der Waals surface area (Å²) >= 11 is 0. The molecule has 1 amide bonds. The lowest BCUT2D eigenvalue weighted by atomic mass is 10.1. The number of carbonyl (C=O) groups is 1. The van der Waals surface area contributed by atoms with Crippen LogP contribution in [0.4, 0.5) is 5.69 Å². The van der Waals surface area contributed by atoms with Crippen molar-refractivity contribution in [3.8, 4) is 0 Å². The third-order valence-corrected chi connectivity index (χ3v) is 2.56. The van der Waals surface area contributed by atoms with Gasteiger partial charge in [-0.2, -0.15) is 10.2 Å². The van der Waals surface area contributed by atoms with Crippen molar-refractivity contribution in [2.75, 3.05) is 6.61 Å². The molecule has 0 bridgehead atoms. The second kappa shape index (κ2) is 6.07. The predicted molar refractivity (Wildman–Crippen MR) is 68.2 cm³/mol. The Morgan fingerprint density at radius 1 is 1.39 bits per heavy atom. The van der Waals surface area contributed by atoms with Gasteiger partial charge in [-0.1, -0.05) is 24.3 Å². The van der Waals surface area contributed by atoms with E-state index in [1.165, 1.54) is 0 Å². The molecule has 1 aromatic rings. The Kier molecular flexibility index (Phi) is 4.20. The summed E-state index contributed by atoms with van der Waals surface area (Å²) < 4.78 is 0. The van der Waals surface area contributed by atoms with Crippen molar-refractivity contribution in [3.63, 3.8) is 0 Å². The first-order valence-electron chi connectivity index (χ1n) is 5.88. The molecule has 1 heterocycles. The van der Waals surface area contributed by atoms with E-state index in [4.69, 9.17) is 5.11 Å². The summed E-state index contributed by atoms with van der Waals surface area (Å²) in [6.07, 6.45) is 4.00. The molecule has 0 fully saturated rings. The number of carbonyl (C=O) groups excluding carboxylic acids is 1. The Morgan fingerprint density at radius 2 is 2.22 bits per heavy atom. The molecular formula is C13H15N3O2. The molecule has 1 aromatic carbocycles. The van der Waals surface area contributed by atoms with Crippen LogP contribution >= 0.6 is 0 Å². The Labute approximate surface area is 105 Å². The number of nitrogens with one attached hydrogen (secondary N) is 1. The van der Waals surface area contributed by atoms with Gasteiger partial charge in [0.1, 0.15) is 0 Å². The molecule has 0 saturated heterocycles. The number of benzene rings is 1. The summed E-state index contributed by atoms with van der Waals surface area (Å²) in [4.78, 5) is 11.5. The Bertz CT molecular complexity index is 450. The molecule has 0 aliphatic carbocycles. The highest BCUT2D eigenvalue weighted by Gasteiger charge is 2.10. The highest BCUT2D eigenvalue weighted by Crippen LogP contribution is 2.23. The molecule has 1 aliphatic heterocycles. The van der Waals surface area contributed by atoms with Crippen molar-refractivity contribution < 1.29 is 9.90 Å². The van der Waals surface area contributed by atoms with E-state index in [1.54, 1.807) is 6.08 Å². The van der Waals surface area contributed by atoms with Gasteiger partial charge in [0.05, 0.1) is 5.69 Å². The molecule has 18 heavy (non-hydrogen) atoms. The molecule has 0 spiro atoms. The van der Waals surface area contributed by atoms with Gasteiger partial charge in [0.15, 0.2) is 6.17 Å². The van der Waals surface area contributed by atoms with Crippen LogP contribution < -0.4 is 5.32 Å². The second-order valence-corrected chi connectivity index (χ2v) is 3.97. The first-order valence-corrected chi connectivity index (χ1v) is 5.88. The summed E-state index contributed by atoms with van der Waals surface area (Å²) in [6, 6.07) is 7.64. The van der Waals surface area contributed by atoms with Crippen LogP contribution in [-0.4, -0.2) is 23.8 Å². The van der Waals surface area contributed by atoms with Crippen LogP contribution in [0.1, 0.15) is 18.4 Å². The number of fused-ring (bicyclic) bond motifs is 1. The average Bonchev–Trinajstić information content (AvgIpc) is 2.59. The van der Waals surface area contributed by atoms with E-state index in [0.717, 1.165) is 11.3 Å². The molecule has 0 saturated carbocycles. The first-order chi connectivity index (χ1) is 8.79. The van der Waals surface area contributed by atoms with Crippen molar-refractivity contribution >= 4 is 17.7 Å². The van der Waals surface area contributed by atoms with Gasteiger partial charge in [0.25, 0.3) is 0 Å². The maximum Gasteiger partial charge on any atom is 0.222 e. The predicted octanol–water partition coefficient (Wildman–Crippen LogP) is 2.01. The Morgan fingerprint density at radius 3 is 3.06 bits per heavy atom. The number of amides is 1. The first kappa shape index (κ1) is 12.4. The van der Waals surface area contributed by atoms with Crippen LogP contribution in [-0.2, 0) is 4.79 Å². The lowest BCUT2D eigenvalue weighted by Crippen LogP contribution is -2.31. The largest absolute Gasteiger partial charge is 0.396 e. The SMILES string of the molecule is O=C(CCCO)NC1C=Cc2ccccc2N=N1. The van der Waals surface area contributed by atoms with E-state index >= 15 is 0 Å². The van der Waals surface area contributed by atoms with Gasteiger partial charge in [0, 0.05) is 18.6 Å². The molecule has 1 aliphatic rings. The van der Waals surface area contributed by atoms with Crippen LogP contribution in [0.5, 0.6) is 0 Å². The zero-order valence-electron chi connectivity index (χ0n) is 9.91. The fraction of sp³-hybridized carbons (Fsp3) is 0.308. The third-order valence-electron chi connectivity index (χ3n) is 2.56. The zero-order valence-corrected chi connectivity index (χ0v) is 9.91. The fourth-order valence-electron chi connectivity index (χ4n) is 1.63. The van der Waals surface area contributed by atoms with E-state index in [1.807, 2.05) is 30.3 Å². The zero-order chi connectivity index (χ0) is 12.8. The van der Waals surface area contributed by atoms with Crippen LogP contribution in [0.15, 0.2) is 40.6 Å². The lowest BCUT2D eigenvalue weighted by molar-refractivity contribution is -0.121. The van der Waals surface area contributed by atoms with Crippen LogP contribution in [0, 0.1) is 0 Å². The molecule has 2 rings (SSSR count). The van der Waals surface area contributed by atoms with Crippen LogP contribution in [0.25, 0.3) is 6.08 Å². The molecule has 5 heteroatoms. The van der Waals surface area contributed by atoms with Crippen LogP contribution in [0.2, 0.25) is 0 Å². The fourth-order valence-corrected chi connectivity index (χ4v) is 1.63. The minimum atomic E-state index is -0.441. The van der Waals surface area contributed by atoms with E-state index in [9.17, 15) is 4.79 Å². The summed E-state index contributed by atoms with van der Waals surface area (Å²) in [5, 5.41) is 19.5. The Hall–Kier alpha value is -2.01. The number of hydrogen-bond acceptors (Lipinski definition) is 4. The minimum Gasteiger partial charge on any atom is -0.396 e. The number of nitrogens with zero attached hydrogens (tertiary/aromatic N) is 2. The molecule has 0 aromatic heterocycles. The van der Waals surface area contributed by atoms with Gasteiger partial charge in [-0.3, -0.25) is 4.79 Å². The van der Waals surface area contributed by atoms with Crippen molar-refractivity contribution in [1.29, 1.82) is 0 Å². The number of aliphatic hydroxyl groups is 1. The van der Waals surface area contributed by atoms with Gasteiger partial charge < -0.3 is 10.4 Å². The molecule has 1 unspecified atom stereocenters. The quantitative estimate of drug-likeness (QED) is 0.851. The van der Waals surface area contributed by atoms with E-state index in [2.05, 4.69) is 15.5 Å². The number of rotatable bonds is 4. The van der Waals surface area contributed by atoms with Crippen molar-refractivity contribution in [2.24, 2.45) is 10.2 Å². The van der Waals surface area contributed by atoms with Crippen molar-refractivity contribution in [2.45, 2.75) is 19.0 Å². The third kappa shape index (κ3) is 3.24. The highest BCUT2D eigenvalue weighted by molar-refractivity contribution is 5.76. The van der Waals surface area contributed by atoms with E-state index in [0.29, 0.717) is 12.8 Å². The van der Waals surface area contributed by atoms with E-state index < -0.39 is 6.17 Å². The molecule has 94 valence electrons. The Balaban J connectivity index is 2.00. The summed E-state index contributed by atoms with van der Waals surface area (Å²) in [5.41, 5.74) is 1.77. The van der Waals surface area contributed by atoms with Crippen molar-refractivity contribution in [3.05, 3.63) is 35.9 Å². The van der Waals surface area contributed by atoms with Gasteiger partial charge in [-0.15, -0.1) is 0 Å². The summed E-state index contributed by atoms with van der Waals surface area (Å²) in [5.74, 6) is -0.136. The topological polar surface area (TPSA) is 74.0 Å². The standard InChI is InChI=1S/C13H15N3O2/c17-9-3-6-13(18)14-12-8-7-10-4-1-2-5-11(10)15-16-12/h1-2,4-5,7-8,12,17H,3,6,9H2,(H,14,18). The van der Waals surface area contributed by atoms with Gasteiger partial charge in [-0.25, -0.2) is 0 Å². The normalized spacial score (nSPS) is 17.1. The smallest absolute Gasteiger partial charge is 0.222 e. The molecule has 2 N–H and O–H groups in total. The highest BCUT2D eigenvalue weighted by atomic mass is 16.3. The molecule has 0 radical (unpaired) electrons. The van der Waals surface area contributed by atoms with E-state index in [-0.39, 0.29) is 12.5 Å². The number of azo groups is 1. The average molecular weight is 245 g/mol. The molecular weight excluding hydrogens is 230 g/mol. The molecule has 5 nitrogen and oxygen atoms in total. The summed E-state index contributed by atoms with van der Waals surface area (Å²) in [7, 11) is 0. The summed E-state index contributed by atoms with van der Waals surface area (Å²) in [6.45, 7) is 0.0148. The maximum atomic E-state index is 11.5. The maximum absolute atomic E-state index is 11.5. The second-order valence-electron chi connectivity index (χ2n) is 3.97. The minimum absolute atomic E-state index is 0.0148. The lowest BCUT2D eigenvalue weighted by Gasteiger charge is -2.07. The van der Waals surface area contributed by atoms with Gasteiger partial charge in [0.2, 0.25) is 5.91 Å². The van der Waals surface area contributed by atoms with Gasteiger partial charge in [-0.05, 0) is 18.6 Å². The number of hydrogen-bond donors (Lipinski definition) is 2.